The summed E-state index contributed by atoms with van der Waals surface area (Å²) in [4.78, 5) is 11.9. The van der Waals surface area contributed by atoms with Gasteiger partial charge in [0, 0.05) is 6.54 Å². The number of aliphatic hydroxyl groups is 1. The van der Waals surface area contributed by atoms with Crippen LogP contribution in [0.25, 0.3) is 0 Å². The van der Waals surface area contributed by atoms with Gasteiger partial charge in [-0.2, -0.15) is 13.2 Å². The average molecular weight is 287 g/mol. The van der Waals surface area contributed by atoms with Crippen LogP contribution in [0.3, 0.4) is 0 Å². The lowest BCUT2D eigenvalue weighted by Gasteiger charge is -2.22. The van der Waals surface area contributed by atoms with Crippen LogP contribution in [-0.2, 0) is 6.18 Å². The second kappa shape index (κ2) is 5.44. The highest BCUT2D eigenvalue weighted by molar-refractivity contribution is 5.95. The molecule has 1 aromatic carbocycles. The molecular weight excluding hydrogens is 271 g/mol. The molecular formula is C14H16F3NO2. The molecule has 1 saturated carbocycles. The summed E-state index contributed by atoms with van der Waals surface area (Å²) in [6.07, 6.45) is -1.71. The van der Waals surface area contributed by atoms with Crippen LogP contribution in [-0.4, -0.2) is 23.2 Å². The molecule has 0 atom stereocenters. The fourth-order valence-electron chi connectivity index (χ4n) is 2.48. The van der Waals surface area contributed by atoms with Crippen LogP contribution in [0.5, 0.6) is 0 Å². The first-order chi connectivity index (χ1) is 9.32. The van der Waals surface area contributed by atoms with Gasteiger partial charge in [-0.25, -0.2) is 0 Å². The van der Waals surface area contributed by atoms with E-state index in [-0.39, 0.29) is 6.54 Å². The van der Waals surface area contributed by atoms with Crippen LogP contribution in [0.4, 0.5) is 13.2 Å². The SMILES string of the molecule is O=C(NCC1(O)CCCC1)c1ccccc1C(F)(F)F. The van der Waals surface area contributed by atoms with E-state index in [9.17, 15) is 23.1 Å². The van der Waals surface area contributed by atoms with Crippen molar-refractivity contribution in [2.75, 3.05) is 6.54 Å². The summed E-state index contributed by atoms with van der Waals surface area (Å²) in [6, 6.07) is 4.63. The van der Waals surface area contributed by atoms with Gasteiger partial charge in [0.2, 0.25) is 0 Å². The smallest absolute Gasteiger partial charge is 0.388 e. The van der Waals surface area contributed by atoms with Gasteiger partial charge in [-0.1, -0.05) is 25.0 Å². The monoisotopic (exact) mass is 287 g/mol. The predicted octanol–water partition coefficient (Wildman–Crippen LogP) is 2.74. The van der Waals surface area contributed by atoms with Crippen LogP contribution in [0.15, 0.2) is 24.3 Å². The Labute approximate surface area is 114 Å². The van der Waals surface area contributed by atoms with Crippen molar-refractivity contribution in [3.05, 3.63) is 35.4 Å². The Balaban J connectivity index is 2.10. The number of nitrogens with one attached hydrogen (secondary N) is 1. The van der Waals surface area contributed by atoms with E-state index in [1.807, 2.05) is 0 Å². The Bertz CT molecular complexity index is 493. The van der Waals surface area contributed by atoms with E-state index in [0.29, 0.717) is 12.8 Å². The fraction of sp³-hybridized carbons (Fsp3) is 0.500. The molecule has 0 bridgehead atoms. The lowest BCUT2D eigenvalue weighted by atomic mass is 10.0. The number of halogens is 3. The van der Waals surface area contributed by atoms with Gasteiger partial charge in [0.1, 0.15) is 0 Å². The van der Waals surface area contributed by atoms with Crippen LogP contribution in [0.1, 0.15) is 41.6 Å². The molecule has 110 valence electrons. The minimum Gasteiger partial charge on any atom is -0.388 e. The summed E-state index contributed by atoms with van der Waals surface area (Å²) >= 11 is 0. The molecule has 1 amide bonds. The Morgan fingerprint density at radius 3 is 2.45 bits per heavy atom. The van der Waals surface area contributed by atoms with E-state index in [4.69, 9.17) is 0 Å². The van der Waals surface area contributed by atoms with E-state index < -0.39 is 28.8 Å². The van der Waals surface area contributed by atoms with E-state index in [1.54, 1.807) is 0 Å². The van der Waals surface area contributed by atoms with Gasteiger partial charge in [0.15, 0.2) is 0 Å². The minimum absolute atomic E-state index is 0.0158. The summed E-state index contributed by atoms with van der Waals surface area (Å²) in [5.74, 6) is -0.807. The summed E-state index contributed by atoms with van der Waals surface area (Å²) < 4.78 is 38.4. The van der Waals surface area contributed by atoms with Gasteiger partial charge < -0.3 is 10.4 Å². The average Bonchev–Trinajstić information content (AvgIpc) is 2.82. The Kier molecular flexibility index (Phi) is 4.04. The highest BCUT2D eigenvalue weighted by atomic mass is 19.4. The van der Waals surface area contributed by atoms with Crippen molar-refractivity contribution in [1.29, 1.82) is 0 Å². The maximum absolute atomic E-state index is 12.8. The molecule has 1 aromatic rings. The molecule has 0 aromatic heterocycles. The molecule has 0 radical (unpaired) electrons. The summed E-state index contributed by atoms with van der Waals surface area (Å²) in [7, 11) is 0. The molecule has 2 rings (SSSR count). The van der Waals surface area contributed by atoms with Gasteiger partial charge in [0.05, 0.1) is 16.7 Å². The number of amides is 1. The topological polar surface area (TPSA) is 49.3 Å². The molecule has 0 spiro atoms. The summed E-state index contributed by atoms with van der Waals surface area (Å²) in [5.41, 5.74) is -2.36. The minimum atomic E-state index is -4.57. The number of carbonyl (C=O) groups excluding carboxylic acids is 1. The Morgan fingerprint density at radius 2 is 1.85 bits per heavy atom. The second-order valence-electron chi connectivity index (χ2n) is 5.16. The third kappa shape index (κ3) is 3.30. The molecule has 1 aliphatic rings. The van der Waals surface area contributed by atoms with Crippen molar-refractivity contribution < 1.29 is 23.1 Å². The number of hydrogen-bond donors (Lipinski definition) is 2. The lowest BCUT2D eigenvalue weighted by molar-refractivity contribution is -0.137. The fourth-order valence-corrected chi connectivity index (χ4v) is 2.48. The zero-order valence-corrected chi connectivity index (χ0v) is 10.8. The number of alkyl halides is 3. The first-order valence-electron chi connectivity index (χ1n) is 6.49. The Morgan fingerprint density at radius 1 is 1.25 bits per heavy atom. The summed E-state index contributed by atoms with van der Waals surface area (Å²) in [5, 5.41) is 12.5. The van der Waals surface area contributed by atoms with Crippen molar-refractivity contribution in [3.63, 3.8) is 0 Å². The molecule has 2 N–H and O–H groups in total. The zero-order valence-electron chi connectivity index (χ0n) is 10.8. The van der Waals surface area contributed by atoms with E-state index in [0.717, 1.165) is 25.0 Å². The second-order valence-corrected chi connectivity index (χ2v) is 5.16. The maximum atomic E-state index is 12.8. The molecule has 1 aliphatic carbocycles. The van der Waals surface area contributed by atoms with Crippen LogP contribution in [0.2, 0.25) is 0 Å². The maximum Gasteiger partial charge on any atom is 0.417 e. The lowest BCUT2D eigenvalue weighted by Crippen LogP contribution is -2.41. The highest BCUT2D eigenvalue weighted by Gasteiger charge is 2.36. The zero-order chi connectivity index (χ0) is 14.8. The quantitative estimate of drug-likeness (QED) is 0.898. The predicted molar refractivity (Wildman–Crippen MR) is 67.2 cm³/mol. The number of carbonyl (C=O) groups is 1. The van der Waals surface area contributed by atoms with Gasteiger partial charge >= 0.3 is 6.18 Å². The van der Waals surface area contributed by atoms with Gasteiger partial charge in [-0.3, -0.25) is 4.79 Å². The van der Waals surface area contributed by atoms with Crippen LogP contribution in [0, 0.1) is 0 Å². The standard InChI is InChI=1S/C14H16F3NO2/c15-14(16,17)11-6-2-1-5-10(11)12(19)18-9-13(20)7-3-4-8-13/h1-2,5-6,20H,3-4,7-9H2,(H,18,19). The number of rotatable bonds is 3. The number of benzene rings is 1. The molecule has 0 aliphatic heterocycles. The van der Waals surface area contributed by atoms with Crippen molar-refractivity contribution in [3.8, 4) is 0 Å². The third-order valence-electron chi connectivity index (χ3n) is 3.59. The van der Waals surface area contributed by atoms with Crippen molar-refractivity contribution in [1.82, 2.24) is 5.32 Å². The van der Waals surface area contributed by atoms with Gasteiger partial charge in [0.25, 0.3) is 5.91 Å². The molecule has 1 fully saturated rings. The molecule has 3 nitrogen and oxygen atoms in total. The molecule has 0 heterocycles. The first-order valence-corrected chi connectivity index (χ1v) is 6.49. The third-order valence-corrected chi connectivity index (χ3v) is 3.59. The van der Waals surface area contributed by atoms with Crippen molar-refractivity contribution in [2.45, 2.75) is 37.5 Å². The van der Waals surface area contributed by atoms with Crippen LogP contribution < -0.4 is 5.32 Å². The molecule has 20 heavy (non-hydrogen) atoms. The van der Waals surface area contributed by atoms with E-state index in [2.05, 4.69) is 5.32 Å². The van der Waals surface area contributed by atoms with Crippen molar-refractivity contribution in [2.24, 2.45) is 0 Å². The van der Waals surface area contributed by atoms with Crippen LogP contribution >= 0.6 is 0 Å². The molecule has 6 heteroatoms. The normalized spacial score (nSPS) is 18.0. The van der Waals surface area contributed by atoms with Gasteiger partial charge in [-0.05, 0) is 25.0 Å². The summed E-state index contributed by atoms with van der Waals surface area (Å²) in [6.45, 7) is -0.0158. The molecule has 0 unspecified atom stereocenters. The Hall–Kier alpha value is -1.56. The van der Waals surface area contributed by atoms with Crippen molar-refractivity contribution >= 4 is 5.91 Å². The van der Waals surface area contributed by atoms with E-state index in [1.165, 1.54) is 12.1 Å². The highest BCUT2D eigenvalue weighted by Crippen LogP contribution is 2.32. The van der Waals surface area contributed by atoms with E-state index >= 15 is 0 Å². The molecule has 0 saturated heterocycles. The first kappa shape index (κ1) is 14.8. The van der Waals surface area contributed by atoms with Gasteiger partial charge in [-0.15, -0.1) is 0 Å². The number of hydrogen-bond acceptors (Lipinski definition) is 2. The largest absolute Gasteiger partial charge is 0.417 e.